The van der Waals surface area contributed by atoms with Gasteiger partial charge in [0.2, 0.25) is 5.91 Å². The lowest BCUT2D eigenvalue weighted by atomic mass is 9.88. The zero-order valence-corrected chi connectivity index (χ0v) is 14.1. The minimum atomic E-state index is -0.428. The van der Waals surface area contributed by atoms with Gasteiger partial charge in [0.15, 0.2) is 0 Å². The highest BCUT2D eigenvalue weighted by molar-refractivity contribution is 5.78. The van der Waals surface area contributed by atoms with Crippen molar-refractivity contribution < 1.29 is 9.59 Å². The van der Waals surface area contributed by atoms with Gasteiger partial charge in [0.05, 0.1) is 0 Å². The Labute approximate surface area is 147 Å². The molecule has 0 spiro atoms. The Morgan fingerprint density at radius 3 is 2.08 bits per heavy atom. The van der Waals surface area contributed by atoms with Gasteiger partial charge in [-0.2, -0.15) is 0 Å². The molecule has 1 saturated heterocycles. The van der Waals surface area contributed by atoms with E-state index in [0.29, 0.717) is 19.5 Å². The van der Waals surface area contributed by atoms with Gasteiger partial charge in [-0.05, 0) is 17.5 Å². The van der Waals surface area contributed by atoms with E-state index in [0.717, 1.165) is 17.5 Å². The van der Waals surface area contributed by atoms with Crippen LogP contribution in [0, 0.1) is 0 Å². The van der Waals surface area contributed by atoms with E-state index >= 15 is 0 Å². The van der Waals surface area contributed by atoms with E-state index in [9.17, 15) is 9.59 Å². The minimum Gasteiger partial charge on any atom is -0.351 e. The molecule has 1 atom stereocenters. The zero-order valence-electron chi connectivity index (χ0n) is 14.1. The van der Waals surface area contributed by atoms with E-state index in [1.54, 1.807) is 4.90 Å². The van der Waals surface area contributed by atoms with Crippen molar-refractivity contribution in [3.05, 3.63) is 71.8 Å². The van der Waals surface area contributed by atoms with E-state index in [2.05, 4.69) is 29.6 Å². The third-order valence-corrected chi connectivity index (χ3v) is 4.66. The fourth-order valence-corrected chi connectivity index (χ4v) is 3.35. The summed E-state index contributed by atoms with van der Waals surface area (Å²) < 4.78 is 0. The van der Waals surface area contributed by atoms with E-state index in [4.69, 9.17) is 5.73 Å². The summed E-state index contributed by atoms with van der Waals surface area (Å²) in [6, 6.07) is 19.7. The summed E-state index contributed by atoms with van der Waals surface area (Å²) in [5.74, 6) is 0.00470. The molecule has 1 aliphatic rings. The number of nitrogens with one attached hydrogen (secondary N) is 1. The first-order valence-electron chi connectivity index (χ1n) is 8.57. The molecule has 2 aromatic carbocycles. The molecule has 3 rings (SSSR count). The largest absolute Gasteiger partial charge is 0.351 e. The highest BCUT2D eigenvalue weighted by atomic mass is 16.2. The molecule has 0 aromatic heterocycles. The molecule has 3 N–H and O–H groups in total. The molecule has 5 nitrogen and oxygen atoms in total. The summed E-state index contributed by atoms with van der Waals surface area (Å²) >= 11 is 0. The van der Waals surface area contributed by atoms with Crippen molar-refractivity contribution in [3.8, 4) is 0 Å². The summed E-state index contributed by atoms with van der Waals surface area (Å²) in [6.45, 7) is 1.09. The molecule has 1 aliphatic heterocycles. The van der Waals surface area contributed by atoms with Crippen molar-refractivity contribution in [1.29, 1.82) is 0 Å². The number of carbonyl (C=O) groups is 2. The number of carbonyl (C=O) groups excluding carboxylic acids is 2. The lowest BCUT2D eigenvalue weighted by Crippen LogP contribution is -2.40. The number of likely N-dealkylation sites (tertiary alicyclic amines) is 1. The lowest BCUT2D eigenvalue weighted by molar-refractivity contribution is -0.121. The Balaban J connectivity index is 1.68. The maximum absolute atomic E-state index is 12.6. The Morgan fingerprint density at radius 1 is 1.04 bits per heavy atom. The first-order chi connectivity index (χ1) is 12.1. The van der Waals surface area contributed by atoms with E-state index < -0.39 is 6.03 Å². The molecule has 5 heteroatoms. The first kappa shape index (κ1) is 17.0. The molecule has 1 heterocycles. The number of urea groups is 1. The molecule has 0 saturated carbocycles. The molecule has 130 valence electrons. The number of benzene rings is 2. The molecule has 2 aromatic rings. The molecule has 3 amide bonds. The van der Waals surface area contributed by atoms with Gasteiger partial charge in [-0.1, -0.05) is 60.7 Å². The molecule has 0 radical (unpaired) electrons. The average Bonchev–Trinajstić information content (AvgIpc) is 3.10. The molecule has 0 aliphatic carbocycles. The van der Waals surface area contributed by atoms with Gasteiger partial charge < -0.3 is 16.0 Å². The van der Waals surface area contributed by atoms with E-state index in [1.165, 1.54) is 0 Å². The van der Waals surface area contributed by atoms with Gasteiger partial charge in [0.1, 0.15) is 0 Å². The van der Waals surface area contributed by atoms with Gasteiger partial charge in [-0.3, -0.25) is 4.79 Å². The fraction of sp³-hybridized carbons (Fsp3) is 0.300. The third-order valence-electron chi connectivity index (χ3n) is 4.66. The number of hydrogen-bond acceptors (Lipinski definition) is 2. The SMILES string of the molecule is NC(=O)N1CCC(NC(=O)CC(c2ccccc2)c2ccccc2)C1. The second-order valence-electron chi connectivity index (χ2n) is 6.42. The number of primary amides is 1. The molecule has 25 heavy (non-hydrogen) atoms. The molecular formula is C20H23N3O2. The minimum absolute atomic E-state index is 0.00553. The molecule has 1 fully saturated rings. The van der Waals surface area contributed by atoms with Crippen LogP contribution in [-0.4, -0.2) is 36.0 Å². The van der Waals surface area contributed by atoms with E-state index in [1.807, 2.05) is 36.4 Å². The maximum atomic E-state index is 12.6. The maximum Gasteiger partial charge on any atom is 0.314 e. The molecular weight excluding hydrogens is 314 g/mol. The second kappa shape index (κ2) is 7.83. The van der Waals surface area contributed by atoms with Gasteiger partial charge >= 0.3 is 6.03 Å². The first-order valence-corrected chi connectivity index (χ1v) is 8.57. The highest BCUT2D eigenvalue weighted by Gasteiger charge is 2.27. The van der Waals surface area contributed by atoms with Crippen LogP contribution in [0.15, 0.2) is 60.7 Å². The van der Waals surface area contributed by atoms with Crippen LogP contribution in [0.3, 0.4) is 0 Å². The van der Waals surface area contributed by atoms with Crippen molar-refractivity contribution >= 4 is 11.9 Å². The third kappa shape index (κ3) is 4.38. The van der Waals surface area contributed by atoms with Gasteiger partial charge in [-0.15, -0.1) is 0 Å². The smallest absolute Gasteiger partial charge is 0.314 e. The van der Waals surface area contributed by atoms with Crippen molar-refractivity contribution in [3.63, 3.8) is 0 Å². The number of rotatable bonds is 5. The van der Waals surface area contributed by atoms with Crippen molar-refractivity contribution in [2.24, 2.45) is 5.73 Å². The second-order valence-corrected chi connectivity index (χ2v) is 6.42. The fourth-order valence-electron chi connectivity index (χ4n) is 3.35. The molecule has 0 bridgehead atoms. The predicted octanol–water partition coefficient (Wildman–Crippen LogP) is 2.48. The van der Waals surface area contributed by atoms with Gasteiger partial charge in [-0.25, -0.2) is 4.79 Å². The number of hydrogen-bond donors (Lipinski definition) is 2. The normalized spacial score (nSPS) is 16.8. The summed E-state index contributed by atoms with van der Waals surface area (Å²) in [4.78, 5) is 25.4. The number of nitrogens with zero attached hydrogens (tertiary/aromatic N) is 1. The van der Waals surface area contributed by atoms with Gasteiger partial charge in [0.25, 0.3) is 0 Å². The number of amides is 3. The summed E-state index contributed by atoms with van der Waals surface area (Å²) in [7, 11) is 0. The van der Waals surface area contributed by atoms with Gasteiger partial charge in [0, 0.05) is 31.5 Å². The summed E-state index contributed by atoms with van der Waals surface area (Å²) in [6.07, 6.45) is 1.12. The van der Waals surface area contributed by atoms with Crippen LogP contribution in [0.25, 0.3) is 0 Å². The molecule has 1 unspecified atom stereocenters. The summed E-state index contributed by atoms with van der Waals surface area (Å²) in [5.41, 5.74) is 7.54. The van der Waals surface area contributed by atoms with Crippen LogP contribution in [0.2, 0.25) is 0 Å². The summed E-state index contributed by atoms with van der Waals surface area (Å²) in [5, 5.41) is 3.05. The van der Waals surface area contributed by atoms with Crippen LogP contribution < -0.4 is 11.1 Å². The Bertz CT molecular complexity index is 679. The van der Waals surface area contributed by atoms with Crippen LogP contribution in [0.1, 0.15) is 29.9 Å². The van der Waals surface area contributed by atoms with Crippen LogP contribution >= 0.6 is 0 Å². The van der Waals surface area contributed by atoms with Crippen LogP contribution in [-0.2, 0) is 4.79 Å². The predicted molar refractivity (Wildman–Crippen MR) is 97.0 cm³/mol. The Kier molecular flexibility index (Phi) is 5.33. The Hall–Kier alpha value is -2.82. The lowest BCUT2D eigenvalue weighted by Gasteiger charge is -2.20. The average molecular weight is 337 g/mol. The zero-order chi connectivity index (χ0) is 17.6. The van der Waals surface area contributed by atoms with Crippen LogP contribution in [0.5, 0.6) is 0 Å². The van der Waals surface area contributed by atoms with Crippen molar-refractivity contribution in [2.45, 2.75) is 24.8 Å². The van der Waals surface area contributed by atoms with Crippen molar-refractivity contribution in [2.75, 3.05) is 13.1 Å². The van der Waals surface area contributed by atoms with E-state index in [-0.39, 0.29) is 17.9 Å². The quantitative estimate of drug-likeness (QED) is 0.879. The topological polar surface area (TPSA) is 75.4 Å². The monoisotopic (exact) mass is 337 g/mol. The van der Waals surface area contributed by atoms with Crippen molar-refractivity contribution in [1.82, 2.24) is 10.2 Å². The standard InChI is InChI=1S/C20H23N3O2/c21-20(25)23-12-11-17(14-23)22-19(24)13-18(15-7-3-1-4-8-15)16-9-5-2-6-10-16/h1-10,17-18H,11-14H2,(H2,21,25)(H,22,24). The Morgan fingerprint density at radius 2 is 1.60 bits per heavy atom. The highest BCUT2D eigenvalue weighted by Crippen LogP contribution is 2.28. The van der Waals surface area contributed by atoms with Crippen LogP contribution in [0.4, 0.5) is 4.79 Å². The number of nitrogens with two attached hydrogens (primary N) is 1.